The third kappa shape index (κ3) is 5.05. The van der Waals surface area contributed by atoms with Gasteiger partial charge in [0.2, 0.25) is 0 Å². The Morgan fingerprint density at radius 1 is 1.13 bits per heavy atom. The number of thiazole rings is 1. The van der Waals surface area contributed by atoms with Crippen molar-refractivity contribution in [1.29, 1.82) is 0 Å². The number of hydrogen-bond acceptors (Lipinski definition) is 8. The predicted molar refractivity (Wildman–Crippen MR) is 152 cm³/mol. The van der Waals surface area contributed by atoms with Crippen LogP contribution in [0.4, 0.5) is 15.2 Å². The number of nitrogens with zero attached hydrogens (tertiary/aromatic N) is 4. The largest absolute Gasteiger partial charge is 0.497 e. The van der Waals surface area contributed by atoms with Gasteiger partial charge >= 0.3 is 0 Å². The lowest BCUT2D eigenvalue weighted by molar-refractivity contribution is 0.0905. The van der Waals surface area contributed by atoms with Crippen molar-refractivity contribution in [3.8, 4) is 11.5 Å². The summed E-state index contributed by atoms with van der Waals surface area (Å²) in [5, 5.41) is 2.05. The van der Waals surface area contributed by atoms with E-state index in [4.69, 9.17) is 21.1 Å². The first-order chi connectivity index (χ1) is 18.7. The summed E-state index contributed by atoms with van der Waals surface area (Å²) in [5.41, 5.74) is 0.823. The van der Waals surface area contributed by atoms with E-state index in [0.717, 1.165) is 60.8 Å². The molecule has 0 radical (unpaired) electrons. The molecule has 12 heteroatoms. The molecular formula is C27H32ClFN4O4S2. The highest BCUT2D eigenvalue weighted by Gasteiger charge is 2.46. The predicted octanol–water partition coefficient (Wildman–Crippen LogP) is 5.76. The first-order valence-electron chi connectivity index (χ1n) is 12.8. The van der Waals surface area contributed by atoms with Gasteiger partial charge < -0.3 is 14.4 Å². The number of hydrogen-bond donors (Lipinski definition) is 0. The second kappa shape index (κ2) is 11.1. The molecule has 5 rings (SSSR count). The van der Waals surface area contributed by atoms with Gasteiger partial charge in [0, 0.05) is 49.4 Å². The van der Waals surface area contributed by atoms with E-state index in [1.807, 2.05) is 11.9 Å². The molecule has 1 atom stereocenters. The van der Waals surface area contributed by atoms with E-state index in [9.17, 15) is 8.42 Å². The Bertz CT molecular complexity index is 1440. The quantitative estimate of drug-likeness (QED) is 0.312. The van der Waals surface area contributed by atoms with Gasteiger partial charge in [0.15, 0.2) is 5.13 Å². The van der Waals surface area contributed by atoms with Crippen LogP contribution in [0.1, 0.15) is 37.7 Å². The average Bonchev–Trinajstić information content (AvgIpc) is 3.63. The van der Waals surface area contributed by atoms with Crippen LogP contribution in [-0.2, 0) is 16.6 Å². The van der Waals surface area contributed by atoms with E-state index in [1.54, 1.807) is 23.6 Å². The summed E-state index contributed by atoms with van der Waals surface area (Å²) in [6.45, 7) is 1.86. The van der Waals surface area contributed by atoms with Crippen LogP contribution in [0.2, 0.25) is 5.02 Å². The van der Waals surface area contributed by atoms with Crippen LogP contribution in [0, 0.1) is 5.82 Å². The molecule has 8 nitrogen and oxygen atoms in total. The second-order valence-corrected chi connectivity index (χ2v) is 12.9. The molecule has 0 amide bonds. The van der Waals surface area contributed by atoms with E-state index in [0.29, 0.717) is 22.7 Å². The van der Waals surface area contributed by atoms with E-state index in [-0.39, 0.29) is 22.4 Å². The van der Waals surface area contributed by atoms with Gasteiger partial charge in [0.1, 0.15) is 22.2 Å². The molecule has 2 aliphatic heterocycles. The minimum absolute atomic E-state index is 0.125. The van der Waals surface area contributed by atoms with Gasteiger partial charge in [-0.1, -0.05) is 11.6 Å². The van der Waals surface area contributed by atoms with Gasteiger partial charge in [-0.2, -0.15) is 0 Å². The Kier molecular flexibility index (Phi) is 7.96. The molecule has 0 unspecified atom stereocenters. The van der Waals surface area contributed by atoms with Crippen LogP contribution >= 0.6 is 22.9 Å². The van der Waals surface area contributed by atoms with Gasteiger partial charge in [0.25, 0.3) is 10.0 Å². The normalized spacial score (nSPS) is 19.5. The highest BCUT2D eigenvalue weighted by atomic mass is 35.5. The smallest absolute Gasteiger partial charge is 0.269 e. The molecule has 0 spiro atoms. The van der Waals surface area contributed by atoms with Crippen LogP contribution in [0.25, 0.3) is 0 Å². The molecule has 3 heterocycles. The monoisotopic (exact) mass is 594 g/mol. The molecule has 0 saturated carbocycles. The zero-order valence-electron chi connectivity index (χ0n) is 22.2. The minimum atomic E-state index is -4.40. The summed E-state index contributed by atoms with van der Waals surface area (Å²) in [6.07, 6.45) is 6.72. The Labute approximate surface area is 238 Å². The summed E-state index contributed by atoms with van der Waals surface area (Å²) in [4.78, 5) is 8.21. The number of fused-ring (bicyclic) bond motifs is 1. The first kappa shape index (κ1) is 27.9. The van der Waals surface area contributed by atoms with Crippen molar-refractivity contribution in [2.75, 3.05) is 43.6 Å². The van der Waals surface area contributed by atoms with E-state index >= 15 is 4.39 Å². The molecule has 2 aromatic carbocycles. The standard InChI is InChI=1S/C27H32ClFN4O4S2/c1-31(27-9-4-5-12-32(27)13-6-10-27)23-17-22(29)25(16-21(23)28)39(34,35)33(26-30-11-14-38-26)18-19-7-8-20(36-2)15-24(19)37-3/h7-8,11,14-17H,4-6,9-10,12-13,18H2,1-3H3/t27-/m1/s1. The molecule has 2 aliphatic rings. The maximum Gasteiger partial charge on any atom is 0.269 e. The van der Waals surface area contributed by atoms with Crippen LogP contribution in [0.5, 0.6) is 11.5 Å². The summed E-state index contributed by atoms with van der Waals surface area (Å²) in [5.74, 6) is 0.144. The van der Waals surface area contributed by atoms with Gasteiger partial charge in [0.05, 0.1) is 37.1 Å². The van der Waals surface area contributed by atoms with E-state index in [2.05, 4.69) is 9.88 Å². The highest BCUT2D eigenvalue weighted by molar-refractivity contribution is 7.93. The topological polar surface area (TPSA) is 75.2 Å². The highest BCUT2D eigenvalue weighted by Crippen LogP contribution is 2.44. The van der Waals surface area contributed by atoms with Crippen molar-refractivity contribution < 1.29 is 22.3 Å². The first-order valence-corrected chi connectivity index (χ1v) is 15.5. The maximum absolute atomic E-state index is 15.8. The fourth-order valence-electron chi connectivity index (χ4n) is 5.83. The van der Waals surface area contributed by atoms with Crippen molar-refractivity contribution >= 4 is 43.8 Å². The second-order valence-electron chi connectivity index (χ2n) is 9.83. The van der Waals surface area contributed by atoms with Crippen LogP contribution < -0.4 is 18.7 Å². The molecule has 0 bridgehead atoms. The number of benzene rings is 2. The lowest BCUT2D eigenvalue weighted by Gasteiger charge is -2.49. The molecule has 0 aliphatic carbocycles. The Balaban J connectivity index is 1.53. The van der Waals surface area contributed by atoms with Crippen molar-refractivity contribution in [2.24, 2.45) is 0 Å². The number of halogens is 2. The number of sulfonamides is 1. The molecule has 2 saturated heterocycles. The Morgan fingerprint density at radius 2 is 1.90 bits per heavy atom. The molecule has 3 aromatic rings. The third-order valence-corrected chi connectivity index (χ3v) is 10.8. The number of ether oxygens (including phenoxy) is 2. The molecule has 39 heavy (non-hydrogen) atoms. The number of piperidine rings is 1. The van der Waals surface area contributed by atoms with Crippen LogP contribution in [-0.4, -0.2) is 58.3 Å². The SMILES string of the molecule is COc1ccc(CN(c2nccs2)S(=O)(=O)c2cc(Cl)c(N(C)[C@]34CCCCN3CCC4)cc2F)c(OC)c1. The van der Waals surface area contributed by atoms with Crippen molar-refractivity contribution in [1.82, 2.24) is 9.88 Å². The third-order valence-electron chi connectivity index (χ3n) is 7.84. The van der Waals surface area contributed by atoms with Gasteiger partial charge in [-0.15, -0.1) is 11.3 Å². The van der Waals surface area contributed by atoms with Gasteiger partial charge in [-0.25, -0.2) is 22.1 Å². The minimum Gasteiger partial charge on any atom is -0.497 e. The summed E-state index contributed by atoms with van der Waals surface area (Å²) < 4.78 is 55.6. The fraction of sp³-hybridized carbons (Fsp3) is 0.444. The number of rotatable bonds is 9. The molecule has 1 aromatic heterocycles. The summed E-state index contributed by atoms with van der Waals surface area (Å²) in [7, 11) is 0.557. The lowest BCUT2D eigenvalue weighted by atomic mass is 9.93. The number of anilines is 2. The van der Waals surface area contributed by atoms with Crippen LogP contribution in [0.15, 0.2) is 46.8 Å². The zero-order valence-corrected chi connectivity index (χ0v) is 24.6. The fourth-order valence-corrected chi connectivity index (χ4v) is 8.53. The zero-order chi connectivity index (χ0) is 27.8. The Morgan fingerprint density at radius 3 is 2.62 bits per heavy atom. The Hall–Kier alpha value is -2.60. The van der Waals surface area contributed by atoms with Crippen molar-refractivity contribution in [3.63, 3.8) is 0 Å². The van der Waals surface area contributed by atoms with Gasteiger partial charge in [-0.05, 0) is 50.3 Å². The average molecular weight is 595 g/mol. The molecule has 2 fully saturated rings. The number of aromatic nitrogens is 1. The van der Waals surface area contributed by atoms with Crippen LogP contribution in [0.3, 0.4) is 0 Å². The molecule has 0 N–H and O–H groups in total. The van der Waals surface area contributed by atoms with E-state index in [1.165, 1.54) is 32.5 Å². The van der Waals surface area contributed by atoms with Crippen molar-refractivity contribution in [2.45, 2.75) is 49.2 Å². The summed E-state index contributed by atoms with van der Waals surface area (Å²) >= 11 is 7.86. The van der Waals surface area contributed by atoms with Gasteiger partial charge in [-0.3, -0.25) is 4.90 Å². The summed E-state index contributed by atoms with van der Waals surface area (Å²) in [6, 6.07) is 7.57. The van der Waals surface area contributed by atoms with Crippen molar-refractivity contribution in [3.05, 3.63) is 58.3 Å². The molecule has 210 valence electrons. The number of methoxy groups -OCH3 is 2. The lowest BCUT2D eigenvalue weighted by Crippen LogP contribution is -2.58. The van der Waals surface area contributed by atoms with E-state index < -0.39 is 20.7 Å². The maximum atomic E-state index is 15.8. The molecular weight excluding hydrogens is 563 g/mol.